The summed E-state index contributed by atoms with van der Waals surface area (Å²) in [6.07, 6.45) is 3.36. The standard InChI is InChI=1S/C15H20N2O3/c1-11-4-2-3-7-17(11)15(18)16-12-5-6-13-14(10-12)20-9-8-19-13/h5-6,10-11H,2-4,7-9H2,1H3,(H,16,18). The van der Waals surface area contributed by atoms with Gasteiger partial charge in [-0.15, -0.1) is 0 Å². The highest BCUT2D eigenvalue weighted by Crippen LogP contribution is 2.32. The fraction of sp³-hybridized carbons (Fsp3) is 0.533. The second-order valence-corrected chi connectivity index (χ2v) is 5.33. The maximum absolute atomic E-state index is 12.3. The Labute approximate surface area is 118 Å². The molecule has 1 aromatic carbocycles. The van der Waals surface area contributed by atoms with E-state index in [0.717, 1.165) is 30.8 Å². The topological polar surface area (TPSA) is 50.8 Å². The molecule has 3 rings (SSSR count). The minimum atomic E-state index is -0.0334. The van der Waals surface area contributed by atoms with Crippen molar-refractivity contribution >= 4 is 11.7 Å². The molecule has 0 bridgehead atoms. The van der Waals surface area contributed by atoms with Gasteiger partial charge >= 0.3 is 6.03 Å². The summed E-state index contributed by atoms with van der Waals surface area (Å²) in [6, 6.07) is 5.78. The highest BCUT2D eigenvalue weighted by molar-refractivity contribution is 5.90. The van der Waals surface area contributed by atoms with Gasteiger partial charge in [0.25, 0.3) is 0 Å². The van der Waals surface area contributed by atoms with E-state index in [1.807, 2.05) is 23.1 Å². The Morgan fingerprint density at radius 1 is 1.25 bits per heavy atom. The Bertz CT molecular complexity index is 504. The Morgan fingerprint density at radius 2 is 2.05 bits per heavy atom. The van der Waals surface area contributed by atoms with Crippen molar-refractivity contribution in [3.8, 4) is 11.5 Å². The van der Waals surface area contributed by atoms with Crippen molar-refractivity contribution in [2.24, 2.45) is 0 Å². The van der Waals surface area contributed by atoms with Crippen molar-refractivity contribution in [2.75, 3.05) is 25.1 Å². The van der Waals surface area contributed by atoms with Crippen LogP contribution in [0.15, 0.2) is 18.2 Å². The van der Waals surface area contributed by atoms with Crippen LogP contribution in [0, 0.1) is 0 Å². The third-order valence-electron chi connectivity index (χ3n) is 3.86. The van der Waals surface area contributed by atoms with E-state index in [0.29, 0.717) is 25.0 Å². The molecule has 1 saturated heterocycles. The first-order valence-electron chi connectivity index (χ1n) is 7.21. The molecule has 0 spiro atoms. The molecular formula is C15H20N2O3. The molecule has 108 valence electrons. The Balaban J connectivity index is 1.69. The second kappa shape index (κ2) is 5.61. The van der Waals surface area contributed by atoms with Gasteiger partial charge in [0.05, 0.1) is 0 Å². The summed E-state index contributed by atoms with van der Waals surface area (Å²) in [5.74, 6) is 1.43. The van der Waals surface area contributed by atoms with Crippen LogP contribution in [-0.2, 0) is 0 Å². The molecule has 0 aliphatic carbocycles. The summed E-state index contributed by atoms with van der Waals surface area (Å²) in [5.41, 5.74) is 0.747. The Morgan fingerprint density at radius 3 is 2.85 bits per heavy atom. The van der Waals surface area contributed by atoms with Gasteiger partial charge in [0.1, 0.15) is 13.2 Å². The number of piperidine rings is 1. The average Bonchev–Trinajstić information content (AvgIpc) is 2.47. The maximum atomic E-state index is 12.3. The predicted octanol–water partition coefficient (Wildman–Crippen LogP) is 2.86. The minimum Gasteiger partial charge on any atom is -0.486 e. The summed E-state index contributed by atoms with van der Waals surface area (Å²) >= 11 is 0. The van der Waals surface area contributed by atoms with Crippen LogP contribution >= 0.6 is 0 Å². The van der Waals surface area contributed by atoms with Gasteiger partial charge in [-0.1, -0.05) is 0 Å². The molecule has 2 aliphatic rings. The van der Waals surface area contributed by atoms with E-state index in [1.165, 1.54) is 6.42 Å². The lowest BCUT2D eigenvalue weighted by Gasteiger charge is -2.33. The van der Waals surface area contributed by atoms with Crippen molar-refractivity contribution in [1.29, 1.82) is 0 Å². The van der Waals surface area contributed by atoms with E-state index in [1.54, 1.807) is 0 Å². The molecule has 0 aromatic heterocycles. The van der Waals surface area contributed by atoms with E-state index < -0.39 is 0 Å². The van der Waals surface area contributed by atoms with Crippen molar-refractivity contribution in [2.45, 2.75) is 32.2 Å². The number of amides is 2. The highest BCUT2D eigenvalue weighted by Gasteiger charge is 2.23. The number of nitrogens with one attached hydrogen (secondary N) is 1. The zero-order chi connectivity index (χ0) is 13.9. The molecule has 1 fully saturated rings. The summed E-state index contributed by atoms with van der Waals surface area (Å²) < 4.78 is 11.0. The van der Waals surface area contributed by atoms with E-state index >= 15 is 0 Å². The van der Waals surface area contributed by atoms with Gasteiger partial charge in [-0.3, -0.25) is 0 Å². The lowest BCUT2D eigenvalue weighted by Crippen LogP contribution is -2.44. The van der Waals surface area contributed by atoms with E-state index in [-0.39, 0.29) is 6.03 Å². The molecule has 5 heteroatoms. The number of benzene rings is 1. The van der Waals surface area contributed by atoms with Crippen molar-refractivity contribution in [3.05, 3.63) is 18.2 Å². The maximum Gasteiger partial charge on any atom is 0.322 e. The molecule has 2 heterocycles. The summed E-state index contributed by atoms with van der Waals surface area (Å²) in [5, 5.41) is 2.94. The Kier molecular flexibility index (Phi) is 3.67. The summed E-state index contributed by atoms with van der Waals surface area (Å²) in [4.78, 5) is 14.2. The molecule has 2 aliphatic heterocycles. The zero-order valence-electron chi connectivity index (χ0n) is 11.7. The molecule has 1 atom stereocenters. The number of hydrogen-bond acceptors (Lipinski definition) is 3. The monoisotopic (exact) mass is 276 g/mol. The fourth-order valence-corrected chi connectivity index (χ4v) is 2.72. The van der Waals surface area contributed by atoms with Crippen LogP contribution in [0.3, 0.4) is 0 Å². The number of hydrogen-bond donors (Lipinski definition) is 1. The van der Waals surface area contributed by atoms with Crippen LogP contribution in [0.25, 0.3) is 0 Å². The van der Waals surface area contributed by atoms with Crippen molar-refractivity contribution < 1.29 is 14.3 Å². The third kappa shape index (κ3) is 2.66. The number of carbonyl (C=O) groups excluding carboxylic acids is 1. The molecule has 1 aromatic rings. The number of anilines is 1. The first kappa shape index (κ1) is 13.1. The molecule has 2 amide bonds. The van der Waals surface area contributed by atoms with Crippen LogP contribution < -0.4 is 14.8 Å². The summed E-state index contributed by atoms with van der Waals surface area (Å²) in [7, 11) is 0. The minimum absolute atomic E-state index is 0.0334. The van der Waals surface area contributed by atoms with E-state index in [2.05, 4.69) is 12.2 Å². The van der Waals surface area contributed by atoms with Crippen molar-refractivity contribution in [3.63, 3.8) is 0 Å². The quantitative estimate of drug-likeness (QED) is 0.858. The third-order valence-corrected chi connectivity index (χ3v) is 3.86. The van der Waals surface area contributed by atoms with Crippen LogP contribution in [0.5, 0.6) is 11.5 Å². The van der Waals surface area contributed by atoms with Gasteiger partial charge in [0.15, 0.2) is 11.5 Å². The van der Waals surface area contributed by atoms with Crippen LogP contribution in [0.2, 0.25) is 0 Å². The van der Waals surface area contributed by atoms with Crippen LogP contribution in [0.4, 0.5) is 10.5 Å². The molecular weight excluding hydrogens is 256 g/mol. The van der Waals surface area contributed by atoms with Gasteiger partial charge in [-0.25, -0.2) is 4.79 Å². The van der Waals surface area contributed by atoms with Crippen molar-refractivity contribution in [1.82, 2.24) is 4.90 Å². The lowest BCUT2D eigenvalue weighted by molar-refractivity contribution is 0.169. The van der Waals surface area contributed by atoms with Gasteiger partial charge in [0.2, 0.25) is 0 Å². The molecule has 1 unspecified atom stereocenters. The molecule has 5 nitrogen and oxygen atoms in total. The number of rotatable bonds is 1. The highest BCUT2D eigenvalue weighted by atomic mass is 16.6. The lowest BCUT2D eigenvalue weighted by atomic mass is 10.0. The second-order valence-electron chi connectivity index (χ2n) is 5.33. The van der Waals surface area contributed by atoms with Gasteiger partial charge in [0, 0.05) is 24.3 Å². The molecule has 0 radical (unpaired) electrons. The number of urea groups is 1. The largest absolute Gasteiger partial charge is 0.486 e. The zero-order valence-corrected chi connectivity index (χ0v) is 11.7. The van der Waals surface area contributed by atoms with Crippen LogP contribution in [0.1, 0.15) is 26.2 Å². The SMILES string of the molecule is CC1CCCCN1C(=O)Nc1ccc2c(c1)OCCO2. The smallest absolute Gasteiger partial charge is 0.322 e. The number of carbonyl (C=O) groups is 1. The van der Waals surface area contributed by atoms with Gasteiger partial charge in [-0.05, 0) is 38.3 Å². The predicted molar refractivity (Wildman–Crippen MR) is 76.5 cm³/mol. The van der Waals surface area contributed by atoms with E-state index in [9.17, 15) is 4.79 Å². The summed E-state index contributed by atoms with van der Waals surface area (Å²) in [6.45, 7) is 4.05. The normalized spacial score (nSPS) is 21.4. The number of likely N-dealkylation sites (tertiary alicyclic amines) is 1. The first-order valence-corrected chi connectivity index (χ1v) is 7.21. The number of nitrogens with zero attached hydrogens (tertiary/aromatic N) is 1. The average molecular weight is 276 g/mol. The van der Waals surface area contributed by atoms with Gasteiger partial charge < -0.3 is 19.7 Å². The molecule has 1 N–H and O–H groups in total. The number of fused-ring (bicyclic) bond motifs is 1. The first-order chi connectivity index (χ1) is 9.74. The van der Waals surface area contributed by atoms with Crippen LogP contribution in [-0.4, -0.2) is 36.7 Å². The fourth-order valence-electron chi connectivity index (χ4n) is 2.72. The molecule has 20 heavy (non-hydrogen) atoms. The molecule has 0 saturated carbocycles. The van der Waals surface area contributed by atoms with Gasteiger partial charge in [-0.2, -0.15) is 0 Å². The number of ether oxygens (including phenoxy) is 2. The Hall–Kier alpha value is -1.91. The van der Waals surface area contributed by atoms with E-state index in [4.69, 9.17) is 9.47 Å².